The van der Waals surface area contributed by atoms with Crippen LogP contribution in [0.2, 0.25) is 0 Å². The van der Waals surface area contributed by atoms with Crippen molar-refractivity contribution >= 4 is 0 Å². The summed E-state index contributed by atoms with van der Waals surface area (Å²) in [4.78, 5) is 8.75. The van der Waals surface area contributed by atoms with Crippen LogP contribution in [0.3, 0.4) is 0 Å². The lowest BCUT2D eigenvalue weighted by Crippen LogP contribution is -2.09. The first-order chi connectivity index (χ1) is 8.74. The summed E-state index contributed by atoms with van der Waals surface area (Å²) in [5.41, 5.74) is 3.06. The van der Waals surface area contributed by atoms with Crippen molar-refractivity contribution in [2.24, 2.45) is 0 Å². The van der Waals surface area contributed by atoms with Gasteiger partial charge in [0.15, 0.2) is 0 Å². The zero-order chi connectivity index (χ0) is 13.0. The molecule has 1 N–H and O–H groups in total. The van der Waals surface area contributed by atoms with E-state index in [1.54, 1.807) is 13.3 Å². The molecule has 0 unspecified atom stereocenters. The Labute approximate surface area is 107 Å². The number of rotatable bonds is 4. The van der Waals surface area contributed by atoms with E-state index in [0.717, 1.165) is 22.8 Å². The van der Waals surface area contributed by atoms with Crippen LogP contribution in [-0.4, -0.2) is 24.1 Å². The van der Waals surface area contributed by atoms with Gasteiger partial charge in [0.2, 0.25) is 0 Å². The largest absolute Gasteiger partial charge is 0.496 e. The molecule has 0 bridgehead atoms. The minimum absolute atomic E-state index is 0.655. The molecule has 4 nitrogen and oxygen atoms in total. The minimum atomic E-state index is 0.655. The van der Waals surface area contributed by atoms with Gasteiger partial charge < -0.3 is 10.1 Å². The second-order valence-corrected chi connectivity index (χ2v) is 4.09. The van der Waals surface area contributed by atoms with Crippen LogP contribution < -0.4 is 10.1 Å². The van der Waals surface area contributed by atoms with Gasteiger partial charge in [-0.25, -0.2) is 9.97 Å². The molecule has 0 radical (unpaired) electrons. The Morgan fingerprint density at radius 2 is 2.11 bits per heavy atom. The van der Waals surface area contributed by atoms with Gasteiger partial charge in [-0.3, -0.25) is 0 Å². The Balaban J connectivity index is 2.47. The molecule has 2 rings (SSSR count). The molecule has 0 saturated heterocycles. The van der Waals surface area contributed by atoms with Gasteiger partial charge in [0.25, 0.3) is 0 Å². The van der Waals surface area contributed by atoms with Gasteiger partial charge in [0, 0.05) is 11.8 Å². The number of hydrogen-bond donors (Lipinski definition) is 1. The highest BCUT2D eigenvalue weighted by atomic mass is 16.5. The first-order valence-corrected chi connectivity index (χ1v) is 5.86. The van der Waals surface area contributed by atoms with Crippen LogP contribution in [0.1, 0.15) is 11.4 Å². The monoisotopic (exact) mass is 243 g/mol. The van der Waals surface area contributed by atoms with E-state index in [0.29, 0.717) is 6.54 Å². The van der Waals surface area contributed by atoms with E-state index >= 15 is 0 Å². The minimum Gasteiger partial charge on any atom is -0.496 e. The van der Waals surface area contributed by atoms with Crippen molar-refractivity contribution in [1.82, 2.24) is 15.3 Å². The smallest absolute Gasteiger partial charge is 0.142 e. The van der Waals surface area contributed by atoms with E-state index in [4.69, 9.17) is 4.74 Å². The Bertz CT molecular complexity index is 540. The number of methoxy groups -OCH3 is 1. The summed E-state index contributed by atoms with van der Waals surface area (Å²) in [7, 11) is 3.55. The number of benzene rings is 1. The highest BCUT2D eigenvalue weighted by molar-refractivity contribution is 5.67. The molecule has 0 aliphatic rings. The van der Waals surface area contributed by atoms with Crippen LogP contribution in [0.5, 0.6) is 5.75 Å². The van der Waals surface area contributed by atoms with E-state index in [-0.39, 0.29) is 0 Å². The van der Waals surface area contributed by atoms with Gasteiger partial charge in [0.1, 0.15) is 11.6 Å². The molecule has 18 heavy (non-hydrogen) atoms. The Hall–Kier alpha value is -1.94. The van der Waals surface area contributed by atoms with Crippen LogP contribution in [0, 0.1) is 6.92 Å². The number of hydrogen-bond acceptors (Lipinski definition) is 4. The fourth-order valence-corrected chi connectivity index (χ4v) is 1.81. The molecule has 0 aliphatic carbocycles. The van der Waals surface area contributed by atoms with Crippen LogP contribution in [0.15, 0.2) is 30.5 Å². The molecule has 0 aliphatic heterocycles. The molecule has 0 saturated carbocycles. The Morgan fingerprint density at radius 1 is 1.28 bits per heavy atom. The molecule has 0 amide bonds. The van der Waals surface area contributed by atoms with Gasteiger partial charge in [-0.2, -0.15) is 0 Å². The van der Waals surface area contributed by atoms with Crippen molar-refractivity contribution in [3.63, 3.8) is 0 Å². The first-order valence-electron chi connectivity index (χ1n) is 5.86. The topological polar surface area (TPSA) is 47.0 Å². The average Bonchev–Trinajstić information content (AvgIpc) is 2.39. The molecule has 0 spiro atoms. The molecular formula is C14H17N3O. The molecule has 94 valence electrons. The highest BCUT2D eigenvalue weighted by Crippen LogP contribution is 2.29. The van der Waals surface area contributed by atoms with E-state index in [1.807, 2.05) is 25.2 Å². The molecule has 0 fully saturated rings. The number of nitrogens with zero attached hydrogens (tertiary/aromatic N) is 2. The second kappa shape index (κ2) is 5.60. The van der Waals surface area contributed by atoms with Gasteiger partial charge in [-0.05, 0) is 32.2 Å². The van der Waals surface area contributed by atoms with E-state index in [2.05, 4.69) is 28.3 Å². The fourth-order valence-electron chi connectivity index (χ4n) is 1.81. The standard InChI is InChI=1S/C14H17N3O/c1-10-4-5-13(18-3)11(8-10)12-6-7-16-14(17-12)9-15-2/h4-8,15H,9H2,1-3H3. The summed E-state index contributed by atoms with van der Waals surface area (Å²) in [5.74, 6) is 1.60. The summed E-state index contributed by atoms with van der Waals surface area (Å²) < 4.78 is 5.38. The van der Waals surface area contributed by atoms with Crippen molar-refractivity contribution in [2.45, 2.75) is 13.5 Å². The highest BCUT2D eigenvalue weighted by Gasteiger charge is 2.08. The van der Waals surface area contributed by atoms with Gasteiger partial charge in [-0.1, -0.05) is 11.6 Å². The Kier molecular flexibility index (Phi) is 3.89. The number of aromatic nitrogens is 2. The maximum Gasteiger partial charge on any atom is 0.142 e. The summed E-state index contributed by atoms with van der Waals surface area (Å²) >= 11 is 0. The van der Waals surface area contributed by atoms with Crippen LogP contribution in [0.25, 0.3) is 11.3 Å². The van der Waals surface area contributed by atoms with Crippen LogP contribution in [-0.2, 0) is 6.54 Å². The van der Waals surface area contributed by atoms with Crippen molar-refractivity contribution in [3.05, 3.63) is 41.9 Å². The van der Waals surface area contributed by atoms with Gasteiger partial charge >= 0.3 is 0 Å². The second-order valence-electron chi connectivity index (χ2n) is 4.09. The predicted octanol–water partition coefficient (Wildman–Crippen LogP) is 2.18. The Morgan fingerprint density at radius 3 is 2.83 bits per heavy atom. The maximum atomic E-state index is 5.38. The first kappa shape index (κ1) is 12.5. The molecule has 4 heteroatoms. The third-order valence-corrected chi connectivity index (χ3v) is 2.67. The normalized spacial score (nSPS) is 10.4. The SMILES string of the molecule is CNCc1nccc(-c2cc(C)ccc2OC)n1. The molecule has 1 aromatic heterocycles. The van der Waals surface area contributed by atoms with Crippen molar-refractivity contribution in [1.29, 1.82) is 0 Å². The van der Waals surface area contributed by atoms with Gasteiger partial charge in [0.05, 0.1) is 19.3 Å². The summed E-state index contributed by atoms with van der Waals surface area (Å²) in [6, 6.07) is 7.96. The lowest BCUT2D eigenvalue weighted by Gasteiger charge is -2.09. The fraction of sp³-hybridized carbons (Fsp3) is 0.286. The van der Waals surface area contributed by atoms with Crippen molar-refractivity contribution in [3.8, 4) is 17.0 Å². The summed E-state index contributed by atoms with van der Waals surface area (Å²) in [5, 5.41) is 3.05. The van der Waals surface area contributed by atoms with Crippen molar-refractivity contribution in [2.75, 3.05) is 14.2 Å². The van der Waals surface area contributed by atoms with E-state index < -0.39 is 0 Å². The van der Waals surface area contributed by atoms with Crippen molar-refractivity contribution < 1.29 is 4.74 Å². The lowest BCUT2D eigenvalue weighted by atomic mass is 10.1. The zero-order valence-corrected chi connectivity index (χ0v) is 10.9. The van der Waals surface area contributed by atoms with Crippen LogP contribution in [0.4, 0.5) is 0 Å². The third kappa shape index (κ3) is 2.65. The molecule has 2 aromatic rings. The van der Waals surface area contributed by atoms with Crippen LogP contribution >= 0.6 is 0 Å². The van der Waals surface area contributed by atoms with E-state index in [9.17, 15) is 0 Å². The number of aryl methyl sites for hydroxylation is 1. The summed E-state index contributed by atoms with van der Waals surface area (Å²) in [6.07, 6.45) is 1.77. The van der Waals surface area contributed by atoms with Gasteiger partial charge in [-0.15, -0.1) is 0 Å². The molecule has 1 heterocycles. The zero-order valence-electron chi connectivity index (χ0n) is 10.9. The quantitative estimate of drug-likeness (QED) is 0.894. The molecular weight excluding hydrogens is 226 g/mol. The maximum absolute atomic E-state index is 5.38. The third-order valence-electron chi connectivity index (χ3n) is 2.67. The predicted molar refractivity (Wildman–Crippen MR) is 71.5 cm³/mol. The molecule has 1 aromatic carbocycles. The number of ether oxygens (including phenoxy) is 1. The molecule has 0 atom stereocenters. The average molecular weight is 243 g/mol. The lowest BCUT2D eigenvalue weighted by molar-refractivity contribution is 0.416. The van der Waals surface area contributed by atoms with E-state index in [1.165, 1.54) is 5.56 Å². The number of nitrogens with one attached hydrogen (secondary N) is 1. The summed E-state index contributed by atoms with van der Waals surface area (Å²) in [6.45, 7) is 2.71.